The molecule has 0 bridgehead atoms. The molecule has 9 heteroatoms. The van der Waals surface area contributed by atoms with E-state index in [1.54, 1.807) is 0 Å². The molecule has 0 spiro atoms. The fourth-order valence-corrected chi connectivity index (χ4v) is 4.09. The Balaban J connectivity index is 1.85. The number of carbonyl (C=O) groups is 2. The van der Waals surface area contributed by atoms with Gasteiger partial charge >= 0.3 is 6.03 Å². The van der Waals surface area contributed by atoms with Crippen molar-refractivity contribution in [2.75, 3.05) is 11.5 Å². The lowest BCUT2D eigenvalue weighted by atomic mass is 9.93. The molecule has 2 saturated carbocycles. The Morgan fingerprint density at radius 1 is 0.926 bits per heavy atom. The number of carbonyl (C=O) groups excluding carboxylic acids is 2. The minimum Gasteiger partial charge on any atom is -0.382 e. The van der Waals surface area contributed by atoms with Gasteiger partial charge in [0.25, 0.3) is 5.91 Å². The second-order valence-corrected chi connectivity index (χ2v) is 7.74. The second kappa shape index (κ2) is 8.73. The molecule has 0 atom stereocenters. The summed E-state index contributed by atoms with van der Waals surface area (Å²) in [7, 11) is 0. The number of nitrogens with zero attached hydrogens (tertiary/aromatic N) is 3. The number of rotatable bonds is 3. The van der Waals surface area contributed by atoms with Crippen LogP contribution in [0.5, 0.6) is 0 Å². The smallest absolute Gasteiger partial charge is 0.324 e. The summed E-state index contributed by atoms with van der Waals surface area (Å²) in [5.41, 5.74) is 11.3. The molecular weight excluding hydrogens is 368 g/mol. The molecule has 148 valence electrons. The van der Waals surface area contributed by atoms with Crippen molar-refractivity contribution in [2.24, 2.45) is 0 Å². The topological polar surface area (TPSA) is 127 Å². The van der Waals surface area contributed by atoms with Crippen LogP contribution in [-0.4, -0.2) is 38.9 Å². The van der Waals surface area contributed by atoms with Crippen molar-refractivity contribution in [3.63, 3.8) is 0 Å². The Morgan fingerprint density at radius 2 is 1.52 bits per heavy atom. The first-order valence-corrected chi connectivity index (χ1v) is 10.1. The van der Waals surface area contributed by atoms with Crippen molar-refractivity contribution >= 4 is 35.2 Å². The average Bonchev–Trinajstić information content (AvgIpc) is 2.66. The van der Waals surface area contributed by atoms with Gasteiger partial charge in [0, 0.05) is 12.1 Å². The molecule has 1 aromatic rings. The minimum atomic E-state index is -0.567. The van der Waals surface area contributed by atoms with Crippen LogP contribution in [0.15, 0.2) is 0 Å². The van der Waals surface area contributed by atoms with Crippen molar-refractivity contribution in [3.8, 4) is 0 Å². The van der Waals surface area contributed by atoms with Crippen LogP contribution in [0.4, 0.5) is 16.4 Å². The molecule has 5 N–H and O–H groups in total. The van der Waals surface area contributed by atoms with E-state index in [9.17, 15) is 9.59 Å². The van der Waals surface area contributed by atoms with Crippen LogP contribution in [-0.2, 0) is 0 Å². The van der Waals surface area contributed by atoms with Gasteiger partial charge in [-0.2, -0.15) is 0 Å². The molecule has 1 aromatic heterocycles. The Kier molecular flexibility index (Phi) is 6.36. The number of nitrogens with two attached hydrogens (primary N) is 2. The Morgan fingerprint density at radius 3 is 2.15 bits per heavy atom. The number of amides is 3. The van der Waals surface area contributed by atoms with Crippen molar-refractivity contribution < 1.29 is 9.59 Å². The Hall–Kier alpha value is -2.09. The van der Waals surface area contributed by atoms with Gasteiger partial charge in [-0.05, 0) is 25.7 Å². The first-order valence-electron chi connectivity index (χ1n) is 9.70. The number of hydrogen-bond acceptors (Lipinski definition) is 6. The second-order valence-electron chi connectivity index (χ2n) is 7.38. The molecule has 0 saturated heterocycles. The number of nitrogen functional groups attached to an aromatic ring is 2. The molecule has 0 aromatic carbocycles. The molecule has 0 aliphatic heterocycles. The van der Waals surface area contributed by atoms with E-state index in [4.69, 9.17) is 23.1 Å². The lowest BCUT2D eigenvalue weighted by Gasteiger charge is -2.34. The van der Waals surface area contributed by atoms with Crippen molar-refractivity contribution in [1.29, 1.82) is 0 Å². The summed E-state index contributed by atoms with van der Waals surface area (Å²) in [5, 5.41) is 2.94. The van der Waals surface area contributed by atoms with Crippen molar-refractivity contribution in [3.05, 3.63) is 10.8 Å². The molecule has 3 amide bonds. The van der Waals surface area contributed by atoms with Crippen LogP contribution in [0.1, 0.15) is 74.7 Å². The first-order chi connectivity index (χ1) is 13.0. The standard InChI is InChI=1S/C18H27ClN6O2/c19-14-16(21)24-15(20)13(23-14)17(26)25(12-9-5-2-6-10-12)18(27)22-11-7-3-1-4-8-11/h11-12H,1-10H2,(H,22,27)(H4,20,21,24). The number of urea groups is 1. The summed E-state index contributed by atoms with van der Waals surface area (Å²) >= 11 is 5.93. The molecule has 0 unspecified atom stereocenters. The number of hydrogen-bond donors (Lipinski definition) is 3. The number of aromatic nitrogens is 2. The highest BCUT2D eigenvalue weighted by atomic mass is 35.5. The highest BCUT2D eigenvalue weighted by Gasteiger charge is 2.35. The maximum absolute atomic E-state index is 13.2. The van der Waals surface area contributed by atoms with Crippen LogP contribution in [0.3, 0.4) is 0 Å². The fraction of sp³-hybridized carbons (Fsp3) is 0.667. The van der Waals surface area contributed by atoms with E-state index in [0.717, 1.165) is 57.8 Å². The molecule has 1 heterocycles. The molecule has 3 rings (SSSR count). The van der Waals surface area contributed by atoms with Gasteiger partial charge in [0.15, 0.2) is 22.5 Å². The molecule has 27 heavy (non-hydrogen) atoms. The van der Waals surface area contributed by atoms with Gasteiger partial charge < -0.3 is 16.8 Å². The zero-order chi connectivity index (χ0) is 19.4. The predicted molar refractivity (Wildman–Crippen MR) is 104 cm³/mol. The quantitative estimate of drug-likeness (QED) is 0.722. The number of imide groups is 1. The molecule has 2 aliphatic rings. The summed E-state index contributed by atoms with van der Waals surface area (Å²) in [6.07, 6.45) is 9.88. The Bertz CT molecular complexity index is 701. The maximum atomic E-state index is 13.2. The number of nitrogens with one attached hydrogen (secondary N) is 1. The van der Waals surface area contributed by atoms with E-state index < -0.39 is 5.91 Å². The molecule has 2 aliphatic carbocycles. The first kappa shape index (κ1) is 19.7. The van der Waals surface area contributed by atoms with Gasteiger partial charge in [-0.25, -0.2) is 14.8 Å². The molecule has 2 fully saturated rings. The third-order valence-electron chi connectivity index (χ3n) is 5.42. The van der Waals surface area contributed by atoms with Gasteiger partial charge in [0.2, 0.25) is 0 Å². The van der Waals surface area contributed by atoms with E-state index in [-0.39, 0.29) is 40.6 Å². The van der Waals surface area contributed by atoms with Crippen molar-refractivity contribution in [2.45, 2.75) is 76.3 Å². The monoisotopic (exact) mass is 394 g/mol. The number of anilines is 2. The average molecular weight is 395 g/mol. The van der Waals surface area contributed by atoms with Gasteiger partial charge in [0.05, 0.1) is 0 Å². The SMILES string of the molecule is Nc1nc(N)c(C(=O)N(C(=O)NC2CCCCC2)C2CCCCC2)nc1Cl. The summed E-state index contributed by atoms with van der Waals surface area (Å²) in [6, 6.07) is -0.455. The number of halogens is 1. The summed E-state index contributed by atoms with van der Waals surface area (Å²) in [4.78, 5) is 35.4. The van der Waals surface area contributed by atoms with Crippen LogP contribution < -0.4 is 16.8 Å². The van der Waals surface area contributed by atoms with Gasteiger partial charge in [-0.1, -0.05) is 50.1 Å². The molecular formula is C18H27ClN6O2. The van der Waals surface area contributed by atoms with E-state index >= 15 is 0 Å². The van der Waals surface area contributed by atoms with Gasteiger partial charge in [-0.15, -0.1) is 0 Å². The summed E-state index contributed by atoms with van der Waals surface area (Å²) < 4.78 is 0. The van der Waals surface area contributed by atoms with Crippen LogP contribution >= 0.6 is 11.6 Å². The highest BCUT2D eigenvalue weighted by Crippen LogP contribution is 2.27. The van der Waals surface area contributed by atoms with E-state index in [1.807, 2.05) is 0 Å². The lowest BCUT2D eigenvalue weighted by molar-refractivity contribution is 0.0697. The lowest BCUT2D eigenvalue weighted by Crippen LogP contribution is -2.53. The normalized spacial score (nSPS) is 18.9. The largest absolute Gasteiger partial charge is 0.382 e. The predicted octanol–water partition coefficient (Wildman–Crippen LogP) is 3.11. The third kappa shape index (κ3) is 4.61. The van der Waals surface area contributed by atoms with E-state index in [0.29, 0.717) is 0 Å². The zero-order valence-corrected chi connectivity index (χ0v) is 16.2. The van der Waals surface area contributed by atoms with Crippen molar-refractivity contribution in [1.82, 2.24) is 20.2 Å². The highest BCUT2D eigenvalue weighted by molar-refractivity contribution is 6.31. The fourth-order valence-electron chi connectivity index (χ4n) is 3.97. The third-order valence-corrected chi connectivity index (χ3v) is 5.70. The maximum Gasteiger partial charge on any atom is 0.324 e. The van der Waals surface area contributed by atoms with Gasteiger partial charge in [-0.3, -0.25) is 9.69 Å². The molecule has 0 radical (unpaired) electrons. The molecule has 8 nitrogen and oxygen atoms in total. The van der Waals surface area contributed by atoms with Gasteiger partial charge in [0.1, 0.15) is 0 Å². The summed E-state index contributed by atoms with van der Waals surface area (Å²) in [5.74, 6) is -0.725. The van der Waals surface area contributed by atoms with Crippen LogP contribution in [0, 0.1) is 0 Å². The van der Waals surface area contributed by atoms with Crippen LogP contribution in [0.2, 0.25) is 5.15 Å². The van der Waals surface area contributed by atoms with E-state index in [1.165, 1.54) is 11.3 Å². The Labute approximate surface area is 164 Å². The zero-order valence-electron chi connectivity index (χ0n) is 15.4. The van der Waals surface area contributed by atoms with Crippen LogP contribution in [0.25, 0.3) is 0 Å². The van der Waals surface area contributed by atoms with E-state index in [2.05, 4.69) is 15.3 Å². The summed E-state index contributed by atoms with van der Waals surface area (Å²) in [6.45, 7) is 0. The minimum absolute atomic E-state index is 0.0402.